The van der Waals surface area contributed by atoms with E-state index < -0.39 is 22.0 Å². The number of benzene rings is 2. The van der Waals surface area contributed by atoms with Gasteiger partial charge in [0.15, 0.2) is 0 Å². The number of carbonyl (C=O) groups excluding carboxylic acids is 1. The highest BCUT2D eigenvalue weighted by Crippen LogP contribution is 2.26. The number of aromatic nitrogens is 2. The third kappa shape index (κ3) is 5.61. The van der Waals surface area contributed by atoms with Gasteiger partial charge in [-0.2, -0.15) is 0 Å². The second kappa shape index (κ2) is 9.62. The van der Waals surface area contributed by atoms with Gasteiger partial charge in [-0.3, -0.25) is 10.1 Å². The Balaban J connectivity index is 1.76. The molecule has 11 heteroatoms. The lowest BCUT2D eigenvalue weighted by atomic mass is 10.0. The number of carbonyl (C=O) groups is 1. The first-order chi connectivity index (χ1) is 14.6. The number of nitrogens with one attached hydrogen (secondary N) is 2. The SMILES string of the molecule is CC[C@@H](NS(=O)(=O)c1nnc(NC(=O)c2ccc(Cl)cc2Cl)s1)c1ccc(C)c(C)c1. The molecule has 0 aliphatic heterocycles. The van der Waals surface area contributed by atoms with E-state index in [2.05, 4.69) is 20.2 Å². The van der Waals surface area contributed by atoms with Gasteiger partial charge >= 0.3 is 0 Å². The van der Waals surface area contributed by atoms with E-state index in [4.69, 9.17) is 23.2 Å². The number of hydrogen-bond donors (Lipinski definition) is 2. The van der Waals surface area contributed by atoms with Crippen molar-refractivity contribution in [2.75, 3.05) is 5.32 Å². The Morgan fingerprint density at radius 1 is 1.10 bits per heavy atom. The highest BCUT2D eigenvalue weighted by Gasteiger charge is 2.25. The van der Waals surface area contributed by atoms with Crippen LogP contribution in [-0.2, 0) is 10.0 Å². The van der Waals surface area contributed by atoms with E-state index in [1.807, 2.05) is 39.0 Å². The Bertz CT molecular complexity index is 1230. The van der Waals surface area contributed by atoms with E-state index in [-0.39, 0.29) is 20.1 Å². The van der Waals surface area contributed by atoms with E-state index in [0.717, 1.165) is 28.0 Å². The molecule has 0 saturated heterocycles. The fraction of sp³-hybridized carbons (Fsp3) is 0.250. The van der Waals surface area contributed by atoms with Crippen molar-refractivity contribution in [3.05, 3.63) is 68.7 Å². The number of anilines is 1. The van der Waals surface area contributed by atoms with Gasteiger partial charge in [-0.15, -0.1) is 10.2 Å². The summed E-state index contributed by atoms with van der Waals surface area (Å²) in [5.41, 5.74) is 3.26. The van der Waals surface area contributed by atoms with Crippen molar-refractivity contribution < 1.29 is 13.2 Å². The average Bonchev–Trinajstić information content (AvgIpc) is 3.17. The van der Waals surface area contributed by atoms with Crippen LogP contribution in [0.25, 0.3) is 0 Å². The van der Waals surface area contributed by atoms with Crippen molar-refractivity contribution in [2.45, 2.75) is 37.6 Å². The molecule has 1 heterocycles. The van der Waals surface area contributed by atoms with Gasteiger partial charge in [-0.05, 0) is 55.2 Å². The van der Waals surface area contributed by atoms with Crippen LogP contribution >= 0.6 is 34.5 Å². The molecule has 0 aliphatic carbocycles. The van der Waals surface area contributed by atoms with Crippen molar-refractivity contribution in [1.82, 2.24) is 14.9 Å². The molecule has 0 bridgehead atoms. The first-order valence-electron chi connectivity index (χ1n) is 9.30. The summed E-state index contributed by atoms with van der Waals surface area (Å²) in [4.78, 5) is 12.4. The van der Waals surface area contributed by atoms with Crippen LogP contribution in [-0.4, -0.2) is 24.5 Å². The quantitative estimate of drug-likeness (QED) is 0.438. The van der Waals surface area contributed by atoms with Crippen LogP contribution in [0.4, 0.5) is 5.13 Å². The van der Waals surface area contributed by atoms with Crippen LogP contribution in [0, 0.1) is 13.8 Å². The van der Waals surface area contributed by atoms with Gasteiger partial charge in [0, 0.05) is 11.1 Å². The summed E-state index contributed by atoms with van der Waals surface area (Å²) >= 11 is 12.6. The number of nitrogens with zero attached hydrogens (tertiary/aromatic N) is 2. The number of halogens is 2. The third-order valence-electron chi connectivity index (χ3n) is 4.67. The van der Waals surface area contributed by atoms with Crippen LogP contribution in [0.2, 0.25) is 10.0 Å². The summed E-state index contributed by atoms with van der Waals surface area (Å²) in [6.07, 6.45) is 0.555. The lowest BCUT2D eigenvalue weighted by Crippen LogP contribution is -2.28. The van der Waals surface area contributed by atoms with Gasteiger partial charge in [-0.1, -0.05) is 59.7 Å². The predicted octanol–water partition coefficient (Wildman–Crippen LogP) is 5.14. The van der Waals surface area contributed by atoms with Crippen LogP contribution in [0.1, 0.15) is 46.4 Å². The van der Waals surface area contributed by atoms with Gasteiger partial charge in [0.05, 0.1) is 10.6 Å². The van der Waals surface area contributed by atoms with E-state index in [1.54, 1.807) is 0 Å². The fourth-order valence-electron chi connectivity index (χ4n) is 2.81. The smallest absolute Gasteiger partial charge is 0.270 e. The third-order valence-corrected chi connectivity index (χ3v) is 7.90. The van der Waals surface area contributed by atoms with Crippen molar-refractivity contribution in [2.24, 2.45) is 0 Å². The van der Waals surface area contributed by atoms with Crippen molar-refractivity contribution >= 4 is 55.6 Å². The lowest BCUT2D eigenvalue weighted by Gasteiger charge is -2.17. The van der Waals surface area contributed by atoms with E-state index in [9.17, 15) is 13.2 Å². The predicted molar refractivity (Wildman–Crippen MR) is 124 cm³/mol. The number of rotatable bonds is 7. The monoisotopic (exact) mass is 498 g/mol. The first kappa shape index (κ1) is 23.6. The molecule has 1 aromatic heterocycles. The topological polar surface area (TPSA) is 101 Å². The molecule has 0 saturated carbocycles. The van der Waals surface area contributed by atoms with Crippen molar-refractivity contribution in [3.8, 4) is 0 Å². The van der Waals surface area contributed by atoms with E-state index in [1.165, 1.54) is 18.2 Å². The standard InChI is InChI=1S/C20H20Cl2N4O3S2/c1-4-17(13-6-5-11(2)12(3)9-13)26-31(28,29)20-25-24-19(30-20)23-18(27)15-8-7-14(21)10-16(15)22/h5-10,17,26H,4H2,1-3H3,(H,23,24,27)/t17-/m1/s1. The maximum Gasteiger partial charge on any atom is 0.270 e. The van der Waals surface area contributed by atoms with E-state index in [0.29, 0.717) is 11.4 Å². The zero-order valence-corrected chi connectivity index (χ0v) is 20.1. The van der Waals surface area contributed by atoms with Gasteiger partial charge in [0.1, 0.15) is 0 Å². The Hall–Kier alpha value is -2.04. The molecule has 1 atom stereocenters. The molecule has 3 aromatic rings. The maximum atomic E-state index is 12.8. The molecule has 1 amide bonds. The van der Waals surface area contributed by atoms with Gasteiger partial charge in [0.2, 0.25) is 9.47 Å². The minimum Gasteiger partial charge on any atom is -0.296 e. The highest BCUT2D eigenvalue weighted by molar-refractivity contribution is 7.91. The highest BCUT2D eigenvalue weighted by atomic mass is 35.5. The number of amides is 1. The molecule has 164 valence electrons. The second-order valence-corrected chi connectivity index (χ2v) is 10.6. The normalized spacial score (nSPS) is 12.5. The van der Waals surface area contributed by atoms with Crippen LogP contribution in [0.3, 0.4) is 0 Å². The summed E-state index contributed by atoms with van der Waals surface area (Å²) < 4.78 is 28.1. The molecule has 3 rings (SSSR count). The summed E-state index contributed by atoms with van der Waals surface area (Å²) in [7, 11) is -3.94. The number of sulfonamides is 1. The fourth-order valence-corrected chi connectivity index (χ4v) is 5.53. The average molecular weight is 499 g/mol. The van der Waals surface area contributed by atoms with Crippen molar-refractivity contribution in [3.63, 3.8) is 0 Å². The molecule has 31 heavy (non-hydrogen) atoms. The molecule has 0 aliphatic rings. The molecule has 0 fully saturated rings. The molecular formula is C20H20Cl2N4O3S2. The van der Waals surface area contributed by atoms with Crippen LogP contribution in [0.15, 0.2) is 40.7 Å². The molecule has 2 aromatic carbocycles. The Morgan fingerprint density at radius 2 is 1.84 bits per heavy atom. The maximum absolute atomic E-state index is 12.8. The Kier molecular flexibility index (Phi) is 7.33. The van der Waals surface area contributed by atoms with Crippen molar-refractivity contribution in [1.29, 1.82) is 0 Å². The summed E-state index contributed by atoms with van der Waals surface area (Å²) in [6.45, 7) is 5.87. The van der Waals surface area contributed by atoms with Gasteiger partial charge < -0.3 is 0 Å². The zero-order valence-electron chi connectivity index (χ0n) is 16.9. The van der Waals surface area contributed by atoms with Gasteiger partial charge in [0.25, 0.3) is 15.9 Å². The molecule has 0 spiro atoms. The zero-order chi connectivity index (χ0) is 22.8. The van der Waals surface area contributed by atoms with Crippen LogP contribution in [0.5, 0.6) is 0 Å². The minimum absolute atomic E-state index is 0.0376. The minimum atomic E-state index is -3.94. The van der Waals surface area contributed by atoms with E-state index >= 15 is 0 Å². The molecule has 7 nitrogen and oxygen atoms in total. The summed E-state index contributed by atoms with van der Waals surface area (Å²) in [5, 5.41) is 10.6. The second-order valence-electron chi connectivity index (χ2n) is 6.88. The lowest BCUT2D eigenvalue weighted by molar-refractivity contribution is 0.102. The van der Waals surface area contributed by atoms with Gasteiger partial charge in [-0.25, -0.2) is 13.1 Å². The molecule has 0 unspecified atom stereocenters. The summed E-state index contributed by atoms with van der Waals surface area (Å²) in [5.74, 6) is -0.545. The molecule has 0 radical (unpaired) electrons. The largest absolute Gasteiger partial charge is 0.296 e. The first-order valence-corrected chi connectivity index (χ1v) is 12.4. The Labute approximate surface area is 194 Å². The molecule has 2 N–H and O–H groups in total. The molecular weight excluding hydrogens is 479 g/mol. The Morgan fingerprint density at radius 3 is 2.48 bits per heavy atom. The summed E-state index contributed by atoms with van der Waals surface area (Å²) in [6, 6.07) is 9.85. The number of aryl methyl sites for hydroxylation is 2. The van der Waals surface area contributed by atoms with Crippen LogP contribution < -0.4 is 10.0 Å². The number of hydrogen-bond acceptors (Lipinski definition) is 6.